The van der Waals surface area contributed by atoms with Gasteiger partial charge in [0.25, 0.3) is 11.8 Å². The maximum absolute atomic E-state index is 12.5. The Morgan fingerprint density at radius 1 is 1.22 bits per heavy atom. The SMILES string of the molecule is O=C(CCN1C(=O)/C(=C\c2cccs2)SC1=S)NNC(=O)c1ccncc1. The zero-order valence-corrected chi connectivity index (χ0v) is 16.3. The van der Waals surface area contributed by atoms with E-state index in [9.17, 15) is 14.4 Å². The molecule has 1 fully saturated rings. The number of hydrogen-bond acceptors (Lipinski definition) is 7. The number of hydrogen-bond donors (Lipinski definition) is 2. The summed E-state index contributed by atoms with van der Waals surface area (Å²) < 4.78 is 0.413. The quantitative estimate of drug-likeness (QED) is 0.439. The van der Waals surface area contributed by atoms with E-state index in [1.165, 1.54) is 52.5 Å². The van der Waals surface area contributed by atoms with Crippen molar-refractivity contribution in [2.45, 2.75) is 6.42 Å². The normalized spacial score (nSPS) is 15.3. The van der Waals surface area contributed by atoms with Gasteiger partial charge in [-0.25, -0.2) is 0 Å². The van der Waals surface area contributed by atoms with Crippen molar-refractivity contribution in [3.8, 4) is 0 Å². The molecule has 1 aliphatic rings. The summed E-state index contributed by atoms with van der Waals surface area (Å²) in [5.41, 5.74) is 5.02. The van der Waals surface area contributed by atoms with Gasteiger partial charge in [0.1, 0.15) is 4.32 Å². The number of thiophene rings is 1. The first-order chi connectivity index (χ1) is 13.0. The van der Waals surface area contributed by atoms with Crippen LogP contribution in [0.2, 0.25) is 0 Å². The van der Waals surface area contributed by atoms with Crippen LogP contribution in [0.4, 0.5) is 0 Å². The van der Waals surface area contributed by atoms with Gasteiger partial charge in [-0.05, 0) is 29.7 Å². The van der Waals surface area contributed by atoms with Crippen molar-refractivity contribution < 1.29 is 14.4 Å². The zero-order valence-electron chi connectivity index (χ0n) is 13.9. The number of carbonyl (C=O) groups excluding carboxylic acids is 3. The molecule has 0 saturated carbocycles. The molecule has 0 aromatic carbocycles. The maximum Gasteiger partial charge on any atom is 0.269 e. The number of carbonyl (C=O) groups is 3. The van der Waals surface area contributed by atoms with E-state index in [2.05, 4.69) is 15.8 Å². The van der Waals surface area contributed by atoms with E-state index in [0.717, 1.165) is 4.88 Å². The second-order valence-corrected chi connectivity index (χ2v) is 7.99. The largest absolute Gasteiger partial charge is 0.292 e. The lowest BCUT2D eigenvalue weighted by Crippen LogP contribution is -2.43. The summed E-state index contributed by atoms with van der Waals surface area (Å²) in [6, 6.07) is 6.88. The molecule has 3 amide bonds. The molecule has 27 heavy (non-hydrogen) atoms. The number of thiocarbonyl (C=S) groups is 1. The number of nitrogens with one attached hydrogen (secondary N) is 2. The molecule has 7 nitrogen and oxygen atoms in total. The van der Waals surface area contributed by atoms with Gasteiger partial charge in [0.2, 0.25) is 5.91 Å². The molecular formula is C17H14N4O3S3. The Morgan fingerprint density at radius 2 is 2.00 bits per heavy atom. The number of rotatable bonds is 5. The molecule has 0 unspecified atom stereocenters. The molecule has 0 atom stereocenters. The molecule has 2 N–H and O–H groups in total. The zero-order chi connectivity index (χ0) is 19.2. The predicted molar refractivity (Wildman–Crippen MR) is 109 cm³/mol. The topological polar surface area (TPSA) is 91.4 Å². The molecule has 2 aromatic rings. The van der Waals surface area contributed by atoms with Gasteiger partial charge in [-0.2, -0.15) is 0 Å². The third kappa shape index (κ3) is 5.00. The van der Waals surface area contributed by atoms with Crippen LogP contribution in [-0.4, -0.2) is 38.5 Å². The summed E-state index contributed by atoms with van der Waals surface area (Å²) in [4.78, 5) is 43.0. The monoisotopic (exact) mass is 418 g/mol. The lowest BCUT2D eigenvalue weighted by Gasteiger charge is -2.14. The van der Waals surface area contributed by atoms with Crippen molar-refractivity contribution in [3.05, 3.63) is 57.4 Å². The molecule has 138 valence electrons. The van der Waals surface area contributed by atoms with Gasteiger partial charge in [0, 0.05) is 35.8 Å². The van der Waals surface area contributed by atoms with Crippen LogP contribution in [-0.2, 0) is 9.59 Å². The molecular weight excluding hydrogens is 404 g/mol. The van der Waals surface area contributed by atoms with E-state index >= 15 is 0 Å². The number of hydrazine groups is 1. The standard InChI is InChI=1S/C17H14N4O3S3/c22-14(19-20-15(23)11-3-6-18-7-4-11)5-8-21-16(24)13(27-17(21)25)10-12-2-1-9-26-12/h1-4,6-7,9-10H,5,8H2,(H,19,22)(H,20,23)/b13-10+. The van der Waals surface area contributed by atoms with Gasteiger partial charge in [-0.15, -0.1) is 11.3 Å². The van der Waals surface area contributed by atoms with Crippen molar-refractivity contribution in [1.29, 1.82) is 0 Å². The highest BCUT2D eigenvalue weighted by molar-refractivity contribution is 8.26. The Morgan fingerprint density at radius 3 is 2.70 bits per heavy atom. The van der Waals surface area contributed by atoms with Gasteiger partial charge in [-0.3, -0.25) is 35.1 Å². The van der Waals surface area contributed by atoms with Crippen LogP contribution in [0.5, 0.6) is 0 Å². The average Bonchev–Trinajstić information content (AvgIpc) is 3.28. The maximum atomic E-state index is 12.5. The van der Waals surface area contributed by atoms with E-state index in [0.29, 0.717) is 14.8 Å². The van der Waals surface area contributed by atoms with Crippen LogP contribution >= 0.6 is 35.3 Å². The number of amides is 3. The minimum absolute atomic E-state index is 0.00927. The highest BCUT2D eigenvalue weighted by Crippen LogP contribution is 2.33. The van der Waals surface area contributed by atoms with Crippen LogP contribution in [0.25, 0.3) is 6.08 Å². The molecule has 1 saturated heterocycles. The molecule has 0 radical (unpaired) electrons. The molecule has 0 spiro atoms. The predicted octanol–water partition coefficient (Wildman–Crippen LogP) is 2.20. The first kappa shape index (κ1) is 19.2. The van der Waals surface area contributed by atoms with Crippen molar-refractivity contribution in [2.24, 2.45) is 0 Å². The molecule has 3 heterocycles. The fourth-order valence-corrected chi connectivity index (χ4v) is 4.20. The first-order valence-electron chi connectivity index (χ1n) is 7.82. The molecule has 2 aromatic heterocycles. The summed E-state index contributed by atoms with van der Waals surface area (Å²) in [5.74, 6) is -1.09. The summed E-state index contributed by atoms with van der Waals surface area (Å²) in [7, 11) is 0. The summed E-state index contributed by atoms with van der Waals surface area (Å²) >= 11 is 7.98. The first-order valence-corrected chi connectivity index (χ1v) is 9.93. The Labute approximate surface area is 168 Å². The molecule has 3 rings (SSSR count). The third-order valence-electron chi connectivity index (χ3n) is 3.51. The van der Waals surface area contributed by atoms with Crippen LogP contribution in [0.15, 0.2) is 46.9 Å². The highest BCUT2D eigenvalue weighted by Gasteiger charge is 2.32. The van der Waals surface area contributed by atoms with Crippen molar-refractivity contribution in [3.63, 3.8) is 0 Å². The van der Waals surface area contributed by atoms with Gasteiger partial charge < -0.3 is 0 Å². The fourth-order valence-electron chi connectivity index (χ4n) is 2.17. The van der Waals surface area contributed by atoms with E-state index in [1.54, 1.807) is 6.08 Å². The van der Waals surface area contributed by atoms with Gasteiger partial charge in [0.05, 0.1) is 4.91 Å². The van der Waals surface area contributed by atoms with Gasteiger partial charge in [-0.1, -0.05) is 30.0 Å². The Balaban J connectivity index is 1.49. The second kappa shape index (κ2) is 8.89. The van der Waals surface area contributed by atoms with Crippen molar-refractivity contribution >= 4 is 63.4 Å². The van der Waals surface area contributed by atoms with Crippen molar-refractivity contribution in [2.75, 3.05) is 6.54 Å². The Kier molecular flexibility index (Phi) is 6.32. The van der Waals surface area contributed by atoms with Crippen LogP contribution < -0.4 is 10.9 Å². The molecule has 0 bridgehead atoms. The molecule has 1 aliphatic heterocycles. The van der Waals surface area contributed by atoms with Crippen LogP contribution in [0.1, 0.15) is 21.7 Å². The summed E-state index contributed by atoms with van der Waals surface area (Å²) in [5, 5.41) is 1.93. The summed E-state index contributed by atoms with van der Waals surface area (Å²) in [6.07, 6.45) is 4.76. The smallest absolute Gasteiger partial charge is 0.269 e. The number of pyridine rings is 1. The van der Waals surface area contributed by atoms with E-state index in [4.69, 9.17) is 12.2 Å². The van der Waals surface area contributed by atoms with E-state index in [-0.39, 0.29) is 18.9 Å². The van der Waals surface area contributed by atoms with E-state index < -0.39 is 11.8 Å². The number of thioether (sulfide) groups is 1. The second-order valence-electron chi connectivity index (χ2n) is 5.34. The van der Waals surface area contributed by atoms with Gasteiger partial charge in [0.15, 0.2) is 0 Å². The highest BCUT2D eigenvalue weighted by atomic mass is 32.2. The van der Waals surface area contributed by atoms with E-state index in [1.807, 2.05) is 17.5 Å². The molecule has 10 heteroatoms. The third-order valence-corrected chi connectivity index (χ3v) is 5.71. The lowest BCUT2D eigenvalue weighted by molar-refractivity contribution is -0.124. The Bertz CT molecular complexity index is 897. The minimum atomic E-state index is -0.449. The number of aromatic nitrogens is 1. The Hall–Kier alpha value is -2.56. The minimum Gasteiger partial charge on any atom is -0.292 e. The lowest BCUT2D eigenvalue weighted by atomic mass is 10.2. The van der Waals surface area contributed by atoms with Crippen molar-refractivity contribution in [1.82, 2.24) is 20.7 Å². The average molecular weight is 419 g/mol. The molecule has 0 aliphatic carbocycles. The summed E-state index contributed by atoms with van der Waals surface area (Å²) in [6.45, 7) is 0.142. The fraction of sp³-hybridized carbons (Fsp3) is 0.118. The van der Waals surface area contributed by atoms with Crippen LogP contribution in [0, 0.1) is 0 Å². The number of nitrogens with zero attached hydrogens (tertiary/aromatic N) is 2. The van der Waals surface area contributed by atoms with Crippen LogP contribution in [0.3, 0.4) is 0 Å². The van der Waals surface area contributed by atoms with Gasteiger partial charge >= 0.3 is 0 Å².